The van der Waals surface area contributed by atoms with E-state index in [-0.39, 0.29) is 6.92 Å². The molecule has 0 aromatic carbocycles. The van der Waals surface area contributed by atoms with E-state index in [1.807, 2.05) is 0 Å². The predicted molar refractivity (Wildman–Crippen MR) is 35.8 cm³/mol. The molecule has 0 aliphatic heterocycles. The summed E-state index contributed by atoms with van der Waals surface area (Å²) < 4.78 is 122. The molecule has 0 saturated heterocycles. The molecule has 0 aromatic heterocycles. The Labute approximate surface area is 88.6 Å². The first-order valence-corrected chi connectivity index (χ1v) is 3.85. The van der Waals surface area contributed by atoms with Crippen LogP contribution in [-0.4, -0.2) is 30.1 Å². The van der Waals surface area contributed by atoms with Gasteiger partial charge in [0.1, 0.15) is 0 Å². The normalized spacial score (nSPS) is 15.5. The smallest absolute Gasteiger partial charge is 0.203 e. The van der Waals surface area contributed by atoms with Crippen LogP contribution in [0.3, 0.4) is 0 Å². The molecule has 0 saturated carbocycles. The number of hydrogen-bond donors (Lipinski definition) is 0. The van der Waals surface area contributed by atoms with Gasteiger partial charge in [-0.3, -0.25) is 0 Å². The molecule has 0 aromatic rings. The highest BCUT2D eigenvalue weighted by Crippen LogP contribution is 2.54. The Morgan fingerprint density at radius 2 is 1.12 bits per heavy atom. The summed E-state index contributed by atoms with van der Waals surface area (Å²) >= 11 is 0. The number of halogens is 10. The van der Waals surface area contributed by atoms with E-state index in [0.717, 1.165) is 0 Å². The fraction of sp³-hybridized carbons (Fsp3) is 0.857. The van der Waals surface area contributed by atoms with Gasteiger partial charge in [-0.25, -0.2) is 8.78 Å². The number of hydrogen-bond acceptors (Lipinski definition) is 0. The van der Waals surface area contributed by atoms with Crippen LogP contribution in [0.25, 0.3) is 0 Å². The minimum Gasteiger partial charge on any atom is -0.203 e. The molecule has 0 amide bonds. The van der Waals surface area contributed by atoms with Gasteiger partial charge in [-0.05, 0) is 0 Å². The van der Waals surface area contributed by atoms with Gasteiger partial charge in [0.05, 0.1) is 0 Å². The molecular formula is C7H5F10. The molecule has 0 spiro atoms. The first kappa shape index (κ1) is 16.3. The summed E-state index contributed by atoms with van der Waals surface area (Å²) in [5.74, 6) is -25.8. The lowest BCUT2D eigenvalue weighted by Crippen LogP contribution is -2.64. The van der Waals surface area contributed by atoms with E-state index >= 15 is 0 Å². The lowest BCUT2D eigenvalue weighted by atomic mass is 9.97. The van der Waals surface area contributed by atoms with Crippen molar-refractivity contribution in [3.63, 3.8) is 0 Å². The van der Waals surface area contributed by atoms with Crippen LogP contribution in [0.4, 0.5) is 43.9 Å². The highest BCUT2D eigenvalue weighted by atomic mass is 19.4. The van der Waals surface area contributed by atoms with E-state index in [1.165, 1.54) is 0 Å². The topological polar surface area (TPSA) is 0 Å². The highest BCUT2D eigenvalue weighted by Gasteiger charge is 2.82. The summed E-state index contributed by atoms with van der Waals surface area (Å²) in [6.45, 7) is 0.199. The van der Waals surface area contributed by atoms with Crippen LogP contribution in [-0.2, 0) is 0 Å². The van der Waals surface area contributed by atoms with Crippen molar-refractivity contribution < 1.29 is 43.9 Å². The van der Waals surface area contributed by atoms with Crippen molar-refractivity contribution >= 4 is 0 Å². The third kappa shape index (κ3) is 2.17. The second-order valence-electron chi connectivity index (χ2n) is 2.98. The van der Waals surface area contributed by atoms with Crippen LogP contribution in [0.2, 0.25) is 0 Å². The quantitative estimate of drug-likeness (QED) is 0.667. The van der Waals surface area contributed by atoms with Crippen LogP contribution < -0.4 is 0 Å². The summed E-state index contributed by atoms with van der Waals surface area (Å²) in [7, 11) is 0. The fourth-order valence-corrected chi connectivity index (χ4v) is 0.737. The molecule has 0 N–H and O–H groups in total. The van der Waals surface area contributed by atoms with Crippen LogP contribution in [0.1, 0.15) is 6.92 Å². The number of rotatable bonds is 5. The first-order chi connectivity index (χ1) is 7.25. The Hall–Kier alpha value is -0.700. The average Bonchev–Trinajstić information content (AvgIpc) is 2.16. The first-order valence-electron chi connectivity index (χ1n) is 3.85. The van der Waals surface area contributed by atoms with Crippen molar-refractivity contribution in [2.75, 3.05) is 0 Å². The van der Waals surface area contributed by atoms with Crippen LogP contribution >= 0.6 is 0 Å². The molecule has 103 valence electrons. The summed E-state index contributed by atoms with van der Waals surface area (Å²) in [4.78, 5) is 0. The molecule has 0 bridgehead atoms. The maximum atomic E-state index is 12.5. The van der Waals surface area contributed by atoms with Gasteiger partial charge in [0.2, 0.25) is 0 Å². The summed E-state index contributed by atoms with van der Waals surface area (Å²) in [5.41, 5.74) is 0. The average molecular weight is 279 g/mol. The summed E-state index contributed by atoms with van der Waals surface area (Å²) in [6.07, 6.45) is -5.99. The Kier molecular flexibility index (Phi) is 4.03. The third-order valence-corrected chi connectivity index (χ3v) is 1.87. The molecule has 0 atom stereocenters. The monoisotopic (exact) mass is 279 g/mol. The largest absolute Gasteiger partial charge is 0.384 e. The second kappa shape index (κ2) is 4.20. The molecule has 0 unspecified atom stereocenters. The summed E-state index contributed by atoms with van der Waals surface area (Å²) in [6, 6.07) is 0. The van der Waals surface area contributed by atoms with Gasteiger partial charge in [-0.15, -0.1) is 0 Å². The van der Waals surface area contributed by atoms with Gasteiger partial charge in [0, 0.05) is 6.42 Å². The lowest BCUT2D eigenvalue weighted by Gasteiger charge is -2.35. The molecule has 0 heterocycles. The Morgan fingerprint density at radius 3 is 1.35 bits per heavy atom. The van der Waals surface area contributed by atoms with Crippen molar-refractivity contribution in [1.82, 2.24) is 0 Å². The van der Waals surface area contributed by atoms with Gasteiger partial charge < -0.3 is 0 Å². The standard InChI is InChI=1S/C7H5F10/c1-2-4(10,11)6(14,15)7(16,17)5(12,13)3(8)9/h2-3H,1H3. The molecule has 10 heteroatoms. The van der Waals surface area contributed by atoms with Crippen molar-refractivity contribution in [2.24, 2.45) is 0 Å². The lowest BCUT2D eigenvalue weighted by molar-refractivity contribution is -0.377. The molecular weight excluding hydrogens is 274 g/mol. The molecule has 1 radical (unpaired) electrons. The van der Waals surface area contributed by atoms with Crippen LogP contribution in [0, 0.1) is 6.42 Å². The second-order valence-corrected chi connectivity index (χ2v) is 2.98. The minimum atomic E-state index is -6.90. The highest BCUT2D eigenvalue weighted by molar-refractivity contribution is 5.07. The van der Waals surface area contributed by atoms with Crippen LogP contribution in [0.5, 0.6) is 0 Å². The zero-order valence-electron chi connectivity index (χ0n) is 7.93. The third-order valence-electron chi connectivity index (χ3n) is 1.87. The molecule has 0 nitrogen and oxygen atoms in total. The maximum absolute atomic E-state index is 12.5. The van der Waals surface area contributed by atoms with Gasteiger partial charge in [-0.2, -0.15) is 35.1 Å². The van der Waals surface area contributed by atoms with Gasteiger partial charge >= 0.3 is 30.1 Å². The van der Waals surface area contributed by atoms with E-state index < -0.39 is 36.5 Å². The molecule has 17 heavy (non-hydrogen) atoms. The zero-order valence-corrected chi connectivity index (χ0v) is 7.93. The van der Waals surface area contributed by atoms with E-state index in [0.29, 0.717) is 0 Å². The van der Waals surface area contributed by atoms with E-state index in [4.69, 9.17) is 0 Å². The van der Waals surface area contributed by atoms with E-state index in [2.05, 4.69) is 0 Å². The van der Waals surface area contributed by atoms with Crippen molar-refractivity contribution in [2.45, 2.75) is 37.0 Å². The van der Waals surface area contributed by atoms with E-state index in [1.54, 1.807) is 0 Å². The van der Waals surface area contributed by atoms with Gasteiger partial charge in [0.25, 0.3) is 0 Å². The summed E-state index contributed by atoms with van der Waals surface area (Å²) in [5, 5.41) is 0. The zero-order chi connectivity index (χ0) is 14.3. The van der Waals surface area contributed by atoms with Crippen molar-refractivity contribution in [3.05, 3.63) is 6.42 Å². The minimum absolute atomic E-state index is 0.199. The SMILES string of the molecule is C[CH]C(F)(F)C(F)(F)C(F)(F)C(F)(F)C(F)F. The Balaban J connectivity index is 5.61. The van der Waals surface area contributed by atoms with Crippen LogP contribution in [0.15, 0.2) is 0 Å². The Morgan fingerprint density at radius 1 is 0.765 bits per heavy atom. The number of alkyl halides is 10. The van der Waals surface area contributed by atoms with E-state index in [9.17, 15) is 43.9 Å². The van der Waals surface area contributed by atoms with Crippen molar-refractivity contribution in [1.29, 1.82) is 0 Å². The van der Waals surface area contributed by atoms with Gasteiger partial charge in [0.15, 0.2) is 0 Å². The molecule has 0 rings (SSSR count). The van der Waals surface area contributed by atoms with Crippen molar-refractivity contribution in [3.8, 4) is 0 Å². The Bertz CT molecular complexity index is 268. The maximum Gasteiger partial charge on any atom is 0.384 e. The molecule has 0 aliphatic rings. The molecule has 0 fully saturated rings. The molecule has 0 aliphatic carbocycles. The van der Waals surface area contributed by atoms with Gasteiger partial charge in [-0.1, -0.05) is 6.92 Å². The predicted octanol–water partition coefficient (Wildman–Crippen LogP) is 4.02. The fourth-order valence-electron chi connectivity index (χ4n) is 0.737.